The highest BCUT2D eigenvalue weighted by Crippen LogP contribution is 2.24. The summed E-state index contributed by atoms with van der Waals surface area (Å²) in [7, 11) is 3.15. The van der Waals surface area contributed by atoms with Gasteiger partial charge in [0.05, 0.1) is 14.2 Å². The highest BCUT2D eigenvalue weighted by atomic mass is 16.5. The van der Waals surface area contributed by atoms with Crippen LogP contribution in [-0.2, 0) is 4.79 Å². The predicted molar refractivity (Wildman–Crippen MR) is 124 cm³/mol. The van der Waals surface area contributed by atoms with Gasteiger partial charge in [-0.25, -0.2) is 0 Å². The first-order valence-electron chi connectivity index (χ1n) is 11.8. The van der Waals surface area contributed by atoms with Crippen molar-refractivity contribution in [3.63, 3.8) is 0 Å². The molecule has 2 fully saturated rings. The number of hydrogen-bond acceptors (Lipinski definition) is 6. The van der Waals surface area contributed by atoms with Crippen LogP contribution in [0.2, 0.25) is 0 Å². The van der Waals surface area contributed by atoms with Gasteiger partial charge in [-0.15, -0.1) is 0 Å². The molecule has 2 aliphatic rings. The van der Waals surface area contributed by atoms with Gasteiger partial charge < -0.3 is 24.6 Å². The Balaban J connectivity index is 1.71. The van der Waals surface area contributed by atoms with Gasteiger partial charge in [-0.05, 0) is 38.4 Å². The number of amides is 2. The molecule has 32 heavy (non-hydrogen) atoms. The van der Waals surface area contributed by atoms with E-state index in [4.69, 9.17) is 9.47 Å². The lowest BCUT2D eigenvalue weighted by Crippen LogP contribution is -2.48. The molecule has 1 N–H and O–H groups in total. The Hall–Kier alpha value is -2.32. The highest BCUT2D eigenvalue weighted by molar-refractivity contribution is 5.95. The number of likely N-dealkylation sites (tertiary alicyclic amines) is 1. The molecule has 2 heterocycles. The van der Waals surface area contributed by atoms with Crippen LogP contribution in [0.3, 0.4) is 0 Å². The Kier molecular flexibility index (Phi) is 9.17. The Morgan fingerprint density at radius 2 is 1.72 bits per heavy atom. The second-order valence-electron chi connectivity index (χ2n) is 8.66. The third kappa shape index (κ3) is 6.59. The lowest BCUT2D eigenvalue weighted by atomic mass is 10.0. The van der Waals surface area contributed by atoms with Crippen molar-refractivity contribution in [1.82, 2.24) is 20.0 Å². The number of rotatable bonds is 9. The van der Waals surface area contributed by atoms with Crippen LogP contribution in [-0.4, -0.2) is 99.1 Å². The van der Waals surface area contributed by atoms with Crippen molar-refractivity contribution >= 4 is 11.8 Å². The fraction of sp³-hybridized carbons (Fsp3) is 0.667. The van der Waals surface area contributed by atoms with Gasteiger partial charge in [0.1, 0.15) is 11.5 Å². The van der Waals surface area contributed by atoms with Crippen molar-refractivity contribution < 1.29 is 19.1 Å². The monoisotopic (exact) mass is 446 g/mol. The van der Waals surface area contributed by atoms with Crippen molar-refractivity contribution in [2.24, 2.45) is 0 Å². The number of carbonyl (C=O) groups is 2. The van der Waals surface area contributed by atoms with Crippen molar-refractivity contribution in [3.05, 3.63) is 23.8 Å². The summed E-state index contributed by atoms with van der Waals surface area (Å²) >= 11 is 0. The Morgan fingerprint density at radius 1 is 1.03 bits per heavy atom. The molecule has 1 aromatic rings. The zero-order chi connectivity index (χ0) is 22.9. The molecule has 0 radical (unpaired) electrons. The van der Waals surface area contributed by atoms with E-state index in [2.05, 4.69) is 17.1 Å². The molecule has 2 saturated heterocycles. The van der Waals surface area contributed by atoms with Crippen LogP contribution < -0.4 is 14.8 Å². The number of methoxy groups -OCH3 is 2. The average Bonchev–Trinajstić information content (AvgIpc) is 2.84. The molecular weight excluding hydrogens is 408 g/mol. The molecule has 0 spiro atoms. The standard InChI is InChI=1S/C24H38N4O4/c1-19-6-4-5-10-26(19)14-15-28(11-7-23(29)27-12-8-25-9-13-27)24(30)20-16-21(31-2)18-22(17-20)32-3/h16-19,25H,4-15H2,1-3H3. The van der Waals surface area contributed by atoms with Crippen molar-refractivity contribution in [1.29, 1.82) is 0 Å². The molecule has 1 unspecified atom stereocenters. The van der Waals surface area contributed by atoms with E-state index in [1.807, 2.05) is 9.80 Å². The fourth-order valence-corrected chi connectivity index (χ4v) is 4.47. The first-order chi connectivity index (χ1) is 15.5. The molecule has 0 bridgehead atoms. The zero-order valence-electron chi connectivity index (χ0n) is 19.8. The average molecular weight is 447 g/mol. The van der Waals surface area contributed by atoms with E-state index >= 15 is 0 Å². The minimum Gasteiger partial charge on any atom is -0.497 e. The van der Waals surface area contributed by atoms with E-state index in [1.165, 1.54) is 19.3 Å². The number of piperidine rings is 1. The summed E-state index contributed by atoms with van der Waals surface area (Å²) in [5.41, 5.74) is 0.516. The Morgan fingerprint density at radius 3 is 2.34 bits per heavy atom. The molecular formula is C24H38N4O4. The first-order valence-corrected chi connectivity index (χ1v) is 11.8. The van der Waals surface area contributed by atoms with Crippen molar-refractivity contribution in [2.75, 3.05) is 66.6 Å². The Bertz CT molecular complexity index is 744. The molecule has 8 heteroatoms. The number of nitrogens with zero attached hydrogens (tertiary/aromatic N) is 3. The van der Waals surface area contributed by atoms with Crippen LogP contribution in [0, 0.1) is 0 Å². The SMILES string of the molecule is COc1cc(OC)cc(C(=O)N(CCC(=O)N2CCNCC2)CCN2CCCCC2C)c1. The van der Waals surface area contributed by atoms with Crippen LogP contribution in [0.5, 0.6) is 11.5 Å². The van der Waals surface area contributed by atoms with Gasteiger partial charge in [0.25, 0.3) is 5.91 Å². The molecule has 3 rings (SSSR count). The number of ether oxygens (including phenoxy) is 2. The van der Waals surface area contributed by atoms with Crippen molar-refractivity contribution in [2.45, 2.75) is 38.6 Å². The van der Waals surface area contributed by atoms with Crippen LogP contribution >= 0.6 is 0 Å². The van der Waals surface area contributed by atoms with Gasteiger partial charge in [0.2, 0.25) is 5.91 Å². The molecule has 0 aromatic heterocycles. The number of hydrogen-bond donors (Lipinski definition) is 1. The predicted octanol–water partition coefficient (Wildman–Crippen LogP) is 1.84. The lowest BCUT2D eigenvalue weighted by Gasteiger charge is -2.35. The largest absolute Gasteiger partial charge is 0.497 e. The highest BCUT2D eigenvalue weighted by Gasteiger charge is 2.24. The smallest absolute Gasteiger partial charge is 0.254 e. The van der Waals surface area contributed by atoms with Crippen molar-refractivity contribution in [3.8, 4) is 11.5 Å². The molecule has 1 atom stereocenters. The maximum Gasteiger partial charge on any atom is 0.254 e. The molecule has 178 valence electrons. The number of benzene rings is 1. The van der Waals surface area contributed by atoms with E-state index in [0.29, 0.717) is 42.6 Å². The molecule has 2 aliphatic heterocycles. The third-order valence-electron chi connectivity index (χ3n) is 6.55. The van der Waals surface area contributed by atoms with E-state index in [-0.39, 0.29) is 11.8 Å². The van der Waals surface area contributed by atoms with Gasteiger partial charge in [0.15, 0.2) is 0 Å². The van der Waals surface area contributed by atoms with E-state index in [0.717, 1.165) is 39.3 Å². The van der Waals surface area contributed by atoms with Gasteiger partial charge in [-0.3, -0.25) is 14.5 Å². The number of piperazine rings is 1. The molecule has 8 nitrogen and oxygen atoms in total. The quantitative estimate of drug-likeness (QED) is 0.624. The molecule has 0 saturated carbocycles. The van der Waals surface area contributed by atoms with Gasteiger partial charge in [0, 0.05) is 69.9 Å². The van der Waals surface area contributed by atoms with E-state index < -0.39 is 0 Å². The lowest BCUT2D eigenvalue weighted by molar-refractivity contribution is -0.131. The fourth-order valence-electron chi connectivity index (χ4n) is 4.47. The summed E-state index contributed by atoms with van der Waals surface area (Å²) in [4.78, 5) is 32.4. The van der Waals surface area contributed by atoms with Crippen LogP contribution in [0.15, 0.2) is 18.2 Å². The van der Waals surface area contributed by atoms with Crippen LogP contribution in [0.1, 0.15) is 43.0 Å². The Labute approximate surface area is 191 Å². The summed E-state index contributed by atoms with van der Waals surface area (Å²) in [6, 6.07) is 5.75. The summed E-state index contributed by atoms with van der Waals surface area (Å²) in [6.45, 7) is 8.24. The van der Waals surface area contributed by atoms with Gasteiger partial charge in [-0.1, -0.05) is 6.42 Å². The second kappa shape index (κ2) is 12.1. The third-order valence-corrected chi connectivity index (χ3v) is 6.55. The number of carbonyl (C=O) groups excluding carboxylic acids is 2. The van der Waals surface area contributed by atoms with Crippen LogP contribution in [0.25, 0.3) is 0 Å². The summed E-state index contributed by atoms with van der Waals surface area (Å²) in [5, 5.41) is 3.27. The normalized spacial score (nSPS) is 19.5. The number of nitrogens with one attached hydrogen (secondary N) is 1. The second-order valence-corrected chi connectivity index (χ2v) is 8.66. The van der Waals surface area contributed by atoms with Gasteiger partial charge in [-0.2, -0.15) is 0 Å². The summed E-state index contributed by atoms with van der Waals surface area (Å²) in [5.74, 6) is 1.17. The topological polar surface area (TPSA) is 74.3 Å². The first kappa shape index (κ1) is 24.3. The van der Waals surface area contributed by atoms with E-state index in [9.17, 15) is 9.59 Å². The molecule has 1 aromatic carbocycles. The minimum atomic E-state index is -0.0972. The minimum absolute atomic E-state index is 0.0972. The summed E-state index contributed by atoms with van der Waals surface area (Å²) in [6.07, 6.45) is 4.00. The molecule has 2 amide bonds. The maximum atomic E-state index is 13.5. The van der Waals surface area contributed by atoms with Gasteiger partial charge >= 0.3 is 0 Å². The van der Waals surface area contributed by atoms with Crippen LogP contribution in [0.4, 0.5) is 0 Å². The molecule has 0 aliphatic carbocycles. The maximum absolute atomic E-state index is 13.5. The summed E-state index contributed by atoms with van der Waals surface area (Å²) < 4.78 is 10.7. The zero-order valence-corrected chi connectivity index (χ0v) is 19.8. The van der Waals surface area contributed by atoms with E-state index in [1.54, 1.807) is 32.4 Å².